The van der Waals surface area contributed by atoms with Crippen molar-refractivity contribution in [3.05, 3.63) is 44.6 Å². The number of nitrogens with two attached hydrogens (primary N) is 1. The van der Waals surface area contributed by atoms with E-state index in [0.717, 1.165) is 14.7 Å². The predicted molar refractivity (Wildman–Crippen MR) is 336 cm³/mol. The Morgan fingerprint density at radius 1 is 0.634 bits per heavy atom. The topological polar surface area (TPSA) is 380 Å². The number of nitrogens with one attached hydrogen (secondary N) is 4. The van der Waals surface area contributed by atoms with Gasteiger partial charge in [0.1, 0.15) is 71.8 Å². The van der Waals surface area contributed by atoms with Crippen LogP contribution in [0.15, 0.2) is 21.3 Å². The van der Waals surface area contributed by atoms with Gasteiger partial charge in [0.2, 0.25) is 52.7 Å². The number of benzene rings is 2. The molecule has 0 bridgehead atoms. The van der Waals surface area contributed by atoms with Crippen LogP contribution in [0.4, 0.5) is 5.69 Å². The summed E-state index contributed by atoms with van der Waals surface area (Å²) < 4.78 is 18.3. The largest absolute Gasteiger partial charge is 0.458 e. The van der Waals surface area contributed by atoms with Gasteiger partial charge in [-0.2, -0.15) is 0 Å². The van der Waals surface area contributed by atoms with E-state index in [4.69, 9.17) is 24.6 Å². The molecule has 7 rings (SSSR count). The summed E-state index contributed by atoms with van der Waals surface area (Å²) in [7, 11) is 5.49. The van der Waals surface area contributed by atoms with Crippen LogP contribution in [0.25, 0.3) is 22.6 Å². The fourth-order valence-electron chi connectivity index (χ4n) is 12.6. The van der Waals surface area contributed by atoms with Crippen LogP contribution in [0.1, 0.15) is 133 Å². The van der Waals surface area contributed by atoms with Crippen molar-refractivity contribution in [2.75, 3.05) is 60.1 Å². The normalized spacial score (nSPS) is 26.8. The Morgan fingerprint density at radius 3 is 1.59 bits per heavy atom. The predicted octanol–water partition coefficient (Wildman–Crippen LogP) is 0.477. The summed E-state index contributed by atoms with van der Waals surface area (Å²) in [5.74, 6) is -13.0. The fourth-order valence-corrected chi connectivity index (χ4v) is 12.6. The molecule has 5 aliphatic heterocycles. The summed E-state index contributed by atoms with van der Waals surface area (Å²) in [6.45, 7) is 17.8. The van der Waals surface area contributed by atoms with E-state index < -0.39 is 197 Å². The van der Waals surface area contributed by atoms with Crippen molar-refractivity contribution in [3.63, 3.8) is 0 Å². The van der Waals surface area contributed by atoms with Gasteiger partial charge in [0.05, 0.1) is 36.0 Å². The number of hydrogen-bond donors (Lipinski definition) is 6. The van der Waals surface area contributed by atoms with Gasteiger partial charge in [0.15, 0.2) is 11.3 Å². The zero-order valence-electron chi connectivity index (χ0n) is 55.9. The smallest absolute Gasteiger partial charge is 0.329 e. The van der Waals surface area contributed by atoms with Crippen molar-refractivity contribution in [1.29, 1.82) is 0 Å². The SMILES string of the molecule is Cc1c2oc3c(C)ccc(C(=O)NC4C(=O)NC(C(C)C)C(=O)N5CCCCC5C(=O)N(C)CC(=O)N(C)C(C(C)C)C(=O)OC4C)c3nc-2c(C(=O)NC2C(=O)NC(C(C)C)C(=O)N3CCC(O)CC3C(=O)N(C)CC(=O)N(C)C(C(C)C)C(=O)OC2C)c(N)c1=O. The number of aliphatic hydroxyl groups excluding tert-OH is 1. The van der Waals surface area contributed by atoms with Crippen molar-refractivity contribution < 1.29 is 76.5 Å². The second-order valence-corrected chi connectivity index (χ2v) is 26.4. The van der Waals surface area contributed by atoms with Crippen LogP contribution in [-0.2, 0) is 57.4 Å². The number of hydrogen-bond acceptors (Lipinski definition) is 19. The van der Waals surface area contributed by atoms with E-state index in [1.165, 1.54) is 75.8 Å². The number of cyclic esters (lactones) is 2. The third-order valence-electron chi connectivity index (χ3n) is 18.1. The maximum absolute atomic E-state index is 15.2. The van der Waals surface area contributed by atoms with Crippen LogP contribution in [0, 0.1) is 37.5 Å². The number of piperidine rings is 2. The number of anilines is 1. The molecule has 1 aromatic rings. The average molecular weight is 1300 g/mol. The number of carbonyl (C=O) groups excluding carboxylic acids is 12. The van der Waals surface area contributed by atoms with Gasteiger partial charge in [-0.3, -0.25) is 52.7 Å². The number of rotatable bonds is 8. The molecule has 1 aliphatic carbocycles. The number of aromatic nitrogens is 1. The number of fused-ring (bicyclic) bond motifs is 4. The van der Waals surface area contributed by atoms with Crippen LogP contribution in [0.2, 0.25) is 0 Å². The molecule has 6 aliphatic rings. The van der Waals surface area contributed by atoms with E-state index >= 15 is 9.59 Å². The minimum absolute atomic E-state index is 0.0811. The average Bonchev–Trinajstić information content (AvgIpc) is 0.799. The Kier molecular flexibility index (Phi) is 22.4. The lowest BCUT2D eigenvalue weighted by Crippen LogP contribution is -2.63. The Labute approximate surface area is 539 Å². The highest BCUT2D eigenvalue weighted by Gasteiger charge is 2.47. The molecule has 4 saturated heterocycles. The molecule has 93 heavy (non-hydrogen) atoms. The van der Waals surface area contributed by atoms with Crippen molar-refractivity contribution in [2.45, 2.75) is 182 Å². The first-order chi connectivity index (χ1) is 43.5. The molecule has 4 fully saturated rings. The summed E-state index contributed by atoms with van der Waals surface area (Å²) in [6, 6.07) is -8.44. The molecule has 0 spiro atoms. The minimum atomic E-state index is -1.93. The van der Waals surface area contributed by atoms with Crippen molar-refractivity contribution >= 4 is 87.8 Å². The maximum Gasteiger partial charge on any atom is 0.329 e. The zero-order valence-corrected chi connectivity index (χ0v) is 55.9. The molecule has 11 atom stereocenters. The number of esters is 2. The molecule has 508 valence electrons. The van der Waals surface area contributed by atoms with E-state index in [1.54, 1.807) is 62.3 Å². The minimum Gasteiger partial charge on any atom is -0.458 e. The van der Waals surface area contributed by atoms with Gasteiger partial charge in [-0.05, 0) is 88.7 Å². The molecule has 29 nitrogen and oxygen atoms in total. The van der Waals surface area contributed by atoms with E-state index in [-0.39, 0.29) is 60.3 Å². The van der Waals surface area contributed by atoms with E-state index in [9.17, 15) is 57.8 Å². The highest BCUT2D eigenvalue weighted by molar-refractivity contribution is 6.10. The van der Waals surface area contributed by atoms with Crippen LogP contribution >= 0.6 is 0 Å². The second kappa shape index (κ2) is 29.0. The summed E-state index contributed by atoms with van der Waals surface area (Å²) in [5, 5.41) is 21.4. The molecule has 0 saturated carbocycles. The molecule has 10 amide bonds. The van der Waals surface area contributed by atoms with Gasteiger partial charge in [-0.1, -0.05) is 61.5 Å². The monoisotopic (exact) mass is 1300 g/mol. The van der Waals surface area contributed by atoms with Crippen LogP contribution < -0.4 is 32.4 Å². The lowest BCUT2D eigenvalue weighted by atomic mass is 9.94. The number of ether oxygens (including phenoxy) is 2. The molecule has 7 N–H and O–H groups in total. The number of amides is 10. The molecule has 5 heterocycles. The Hall–Kier alpha value is -8.76. The summed E-state index contributed by atoms with van der Waals surface area (Å²) in [4.78, 5) is 200. The van der Waals surface area contributed by atoms with Gasteiger partial charge in [0.25, 0.3) is 11.8 Å². The molecule has 29 heteroatoms. The molecule has 1 aromatic carbocycles. The molecule has 0 radical (unpaired) electrons. The van der Waals surface area contributed by atoms with Crippen LogP contribution in [-0.4, -0.2) is 232 Å². The van der Waals surface area contributed by atoms with Crippen LogP contribution in [0.5, 0.6) is 0 Å². The first kappa shape index (κ1) is 71.7. The summed E-state index contributed by atoms with van der Waals surface area (Å²) in [5.41, 5.74) is 3.44. The number of likely N-dealkylation sites (N-methyl/N-ethyl adjacent to an activating group) is 4. The van der Waals surface area contributed by atoms with E-state index in [1.807, 2.05) is 0 Å². The van der Waals surface area contributed by atoms with Crippen LogP contribution in [0.3, 0.4) is 0 Å². The standard InChI is InChI=1S/C64H90N12O17/c1-28(2)44-61(87)75-23-18-17-19-38(75)59(85)71(13)26-40(78)73(15)50(30(5)6)63(89)91-34(11)46(57(83)67-44)69-55(81)37-21-20-32(9)53-48(37)66-49-42(43(65)52(80)33(10)54(49)93-53)56(82)70-47-35(12)92-64(90)51(31(7)8)74(16)41(79)27-72(14)60(86)39-25-36(77)22-24-76(39)62(88)45(29(3)4)68-58(47)84/h20-21,28-31,34-36,38-39,44-47,50-51,77H,17-19,22-27,65H2,1-16H3,(H,67,83)(H,68,84)(H,69,81)(H,70,82). The van der Waals surface area contributed by atoms with Crippen molar-refractivity contribution in [3.8, 4) is 11.5 Å². The highest BCUT2D eigenvalue weighted by atomic mass is 16.6. The second-order valence-electron chi connectivity index (χ2n) is 26.4. The number of nitrogens with zero attached hydrogens (tertiary/aromatic N) is 7. The highest BCUT2D eigenvalue weighted by Crippen LogP contribution is 2.35. The lowest BCUT2D eigenvalue weighted by Gasteiger charge is -2.41. The van der Waals surface area contributed by atoms with Gasteiger partial charge in [-0.25, -0.2) is 14.6 Å². The summed E-state index contributed by atoms with van der Waals surface area (Å²) in [6.07, 6.45) is -2.82. The quantitative estimate of drug-likeness (QED) is 0.101. The Bertz CT molecular complexity index is 3490. The first-order valence-corrected chi connectivity index (χ1v) is 31.6. The molecule has 0 aromatic heterocycles. The van der Waals surface area contributed by atoms with Crippen molar-refractivity contribution in [1.82, 2.24) is 55.7 Å². The van der Waals surface area contributed by atoms with Gasteiger partial charge in [-0.15, -0.1) is 0 Å². The van der Waals surface area contributed by atoms with E-state index in [0.29, 0.717) is 18.4 Å². The molecular formula is C64H90N12O17. The Morgan fingerprint density at radius 2 is 1.11 bits per heavy atom. The Balaban J connectivity index is 1.33. The van der Waals surface area contributed by atoms with Gasteiger partial charge >= 0.3 is 11.9 Å². The lowest BCUT2D eigenvalue weighted by molar-refractivity contribution is -0.164. The number of nitrogen functional groups attached to an aromatic ring is 1. The molecule has 11 unspecified atom stereocenters. The number of carbonyl (C=O) groups is 12. The van der Waals surface area contributed by atoms with Crippen molar-refractivity contribution in [2.24, 2.45) is 23.7 Å². The number of aliphatic hydroxyl groups is 1. The first-order valence-electron chi connectivity index (χ1n) is 31.6. The zero-order chi connectivity index (χ0) is 69.3. The van der Waals surface area contributed by atoms with Gasteiger partial charge in [0, 0.05) is 53.3 Å². The number of aryl methyl sites for hydroxylation is 1. The fraction of sp³-hybridized carbons (Fsp3) is 0.625. The third kappa shape index (κ3) is 14.9. The van der Waals surface area contributed by atoms with E-state index in [2.05, 4.69) is 21.3 Å². The summed E-state index contributed by atoms with van der Waals surface area (Å²) >= 11 is 0. The van der Waals surface area contributed by atoms with Gasteiger partial charge < -0.3 is 75.4 Å². The molecular weight excluding hydrogens is 1210 g/mol. The third-order valence-corrected chi connectivity index (χ3v) is 18.1. The maximum atomic E-state index is 15.2.